The van der Waals surface area contributed by atoms with E-state index in [1.165, 1.54) is 25.8 Å². The van der Waals surface area contributed by atoms with Crippen LogP contribution in [-0.2, 0) is 11.3 Å². The molecule has 0 aromatic carbocycles. The molecule has 0 radical (unpaired) electrons. The molecule has 0 aliphatic carbocycles. The number of aromatic nitrogens is 1. The summed E-state index contributed by atoms with van der Waals surface area (Å²) in [6.45, 7) is 5.76. The number of carboxylic acids is 1. The quantitative estimate of drug-likeness (QED) is 0.902. The van der Waals surface area contributed by atoms with Crippen molar-refractivity contribution >= 4 is 27.8 Å². The number of carboxylic acid groups (broad SMARTS) is 1. The van der Waals surface area contributed by atoms with E-state index in [1.54, 1.807) is 6.07 Å². The smallest absolute Gasteiger partial charge is 0.329 e. The van der Waals surface area contributed by atoms with Gasteiger partial charge in [0.15, 0.2) is 0 Å². The number of hydrogen-bond acceptors (Lipinski definition) is 2. The number of aryl methyl sites for hydroxylation is 1. The fourth-order valence-corrected chi connectivity index (χ4v) is 2.11. The molecule has 0 saturated heterocycles. The first-order valence-electron chi connectivity index (χ1n) is 6.09. The Bertz CT molecular complexity index is 494. The second kappa shape index (κ2) is 5.77. The molecule has 6 heteroatoms. The third-order valence-electron chi connectivity index (χ3n) is 3.21. The van der Waals surface area contributed by atoms with Gasteiger partial charge < -0.3 is 14.6 Å². The molecule has 0 fully saturated rings. The molecule has 0 bridgehead atoms. The van der Waals surface area contributed by atoms with Gasteiger partial charge in [0, 0.05) is 24.3 Å². The molecule has 19 heavy (non-hydrogen) atoms. The Balaban J connectivity index is 3.10. The lowest BCUT2D eigenvalue weighted by Gasteiger charge is -2.31. The highest BCUT2D eigenvalue weighted by Gasteiger charge is 2.36. The van der Waals surface area contributed by atoms with E-state index in [4.69, 9.17) is 0 Å². The Morgan fingerprint density at radius 2 is 2.05 bits per heavy atom. The molecule has 0 aliphatic heterocycles. The monoisotopic (exact) mass is 330 g/mol. The van der Waals surface area contributed by atoms with Gasteiger partial charge in [-0.2, -0.15) is 0 Å². The van der Waals surface area contributed by atoms with Crippen molar-refractivity contribution in [1.29, 1.82) is 0 Å². The molecule has 0 spiro atoms. The number of likely N-dealkylation sites (N-methyl/N-ethyl adjacent to an activating group) is 1. The van der Waals surface area contributed by atoms with Gasteiger partial charge in [-0.15, -0.1) is 0 Å². The van der Waals surface area contributed by atoms with Crippen molar-refractivity contribution in [2.75, 3.05) is 7.05 Å². The molecule has 106 valence electrons. The number of hydrogen-bond donors (Lipinski definition) is 1. The standard InChI is InChI=1S/C13H19BrN2O3/c1-5-6-16-8-9(14)7-10(16)11(17)15(4)13(2,3)12(18)19/h7-8H,5-6H2,1-4H3,(H,18,19). The second-order valence-electron chi connectivity index (χ2n) is 4.97. The number of aliphatic carboxylic acids is 1. The van der Waals surface area contributed by atoms with Crippen LogP contribution in [-0.4, -0.2) is 39.0 Å². The average Bonchev–Trinajstić information content (AvgIpc) is 2.68. The summed E-state index contributed by atoms with van der Waals surface area (Å²) >= 11 is 3.34. The predicted octanol–water partition coefficient (Wildman–Crippen LogP) is 2.60. The first-order chi connectivity index (χ1) is 8.71. The van der Waals surface area contributed by atoms with Gasteiger partial charge in [0.1, 0.15) is 11.2 Å². The fraction of sp³-hybridized carbons (Fsp3) is 0.538. The van der Waals surface area contributed by atoms with E-state index in [1.807, 2.05) is 17.7 Å². The normalized spacial score (nSPS) is 11.4. The van der Waals surface area contributed by atoms with Gasteiger partial charge in [-0.1, -0.05) is 6.92 Å². The zero-order valence-electron chi connectivity index (χ0n) is 11.6. The molecule has 1 rings (SSSR count). The zero-order chi connectivity index (χ0) is 14.8. The van der Waals surface area contributed by atoms with Crippen molar-refractivity contribution < 1.29 is 14.7 Å². The van der Waals surface area contributed by atoms with Gasteiger partial charge in [0.2, 0.25) is 0 Å². The van der Waals surface area contributed by atoms with Gasteiger partial charge in [-0.25, -0.2) is 4.79 Å². The van der Waals surface area contributed by atoms with E-state index >= 15 is 0 Å². The summed E-state index contributed by atoms with van der Waals surface area (Å²) in [4.78, 5) is 24.9. The number of carbonyl (C=O) groups excluding carboxylic acids is 1. The maximum absolute atomic E-state index is 12.4. The highest BCUT2D eigenvalue weighted by atomic mass is 79.9. The van der Waals surface area contributed by atoms with Crippen molar-refractivity contribution in [2.24, 2.45) is 0 Å². The van der Waals surface area contributed by atoms with E-state index < -0.39 is 11.5 Å². The summed E-state index contributed by atoms with van der Waals surface area (Å²) in [7, 11) is 1.51. The van der Waals surface area contributed by atoms with Crippen LogP contribution in [0.5, 0.6) is 0 Å². The first-order valence-corrected chi connectivity index (χ1v) is 6.88. The molecule has 5 nitrogen and oxygen atoms in total. The van der Waals surface area contributed by atoms with Gasteiger partial charge in [-0.3, -0.25) is 4.79 Å². The van der Waals surface area contributed by atoms with Crippen LogP contribution in [0.4, 0.5) is 0 Å². The molecular formula is C13H19BrN2O3. The molecule has 1 N–H and O–H groups in total. The molecule has 1 amide bonds. The van der Waals surface area contributed by atoms with Crippen molar-refractivity contribution in [1.82, 2.24) is 9.47 Å². The van der Waals surface area contributed by atoms with Crippen LogP contribution >= 0.6 is 15.9 Å². The lowest BCUT2D eigenvalue weighted by molar-refractivity contribution is -0.147. The van der Waals surface area contributed by atoms with Crippen molar-refractivity contribution in [3.63, 3.8) is 0 Å². The molecule has 1 aromatic heterocycles. The minimum Gasteiger partial charge on any atom is -0.480 e. The van der Waals surface area contributed by atoms with Crippen molar-refractivity contribution in [2.45, 2.75) is 39.3 Å². The lowest BCUT2D eigenvalue weighted by Crippen LogP contribution is -2.51. The summed E-state index contributed by atoms with van der Waals surface area (Å²) in [5.41, 5.74) is -0.754. The molecule has 0 unspecified atom stereocenters. The Morgan fingerprint density at radius 3 is 2.53 bits per heavy atom. The molecule has 0 saturated carbocycles. The zero-order valence-corrected chi connectivity index (χ0v) is 13.2. The summed E-state index contributed by atoms with van der Waals surface area (Å²) < 4.78 is 2.65. The van der Waals surface area contributed by atoms with Crippen LogP contribution in [0.3, 0.4) is 0 Å². The summed E-state index contributed by atoms with van der Waals surface area (Å²) in [5.74, 6) is -1.33. The maximum Gasteiger partial charge on any atom is 0.329 e. The van der Waals surface area contributed by atoms with E-state index in [0.29, 0.717) is 12.2 Å². The van der Waals surface area contributed by atoms with Crippen LogP contribution in [0.15, 0.2) is 16.7 Å². The van der Waals surface area contributed by atoms with Crippen LogP contribution < -0.4 is 0 Å². The lowest BCUT2D eigenvalue weighted by atomic mass is 10.0. The summed E-state index contributed by atoms with van der Waals surface area (Å²) in [6.07, 6.45) is 2.73. The van der Waals surface area contributed by atoms with E-state index in [2.05, 4.69) is 15.9 Å². The van der Waals surface area contributed by atoms with Crippen LogP contribution in [0.1, 0.15) is 37.7 Å². The summed E-state index contributed by atoms with van der Waals surface area (Å²) in [6, 6.07) is 1.71. The number of amides is 1. The second-order valence-corrected chi connectivity index (χ2v) is 5.88. The first kappa shape index (κ1) is 15.8. The molecule has 1 heterocycles. The van der Waals surface area contributed by atoms with Crippen LogP contribution in [0, 0.1) is 0 Å². The minimum absolute atomic E-state index is 0.299. The molecular weight excluding hydrogens is 312 g/mol. The molecule has 0 atom stereocenters. The predicted molar refractivity (Wildman–Crippen MR) is 76.2 cm³/mol. The maximum atomic E-state index is 12.4. The average molecular weight is 331 g/mol. The van der Waals surface area contributed by atoms with E-state index in [-0.39, 0.29) is 5.91 Å². The third-order valence-corrected chi connectivity index (χ3v) is 3.65. The number of halogens is 1. The number of carbonyl (C=O) groups is 2. The van der Waals surface area contributed by atoms with Crippen LogP contribution in [0.25, 0.3) is 0 Å². The fourth-order valence-electron chi connectivity index (χ4n) is 1.65. The van der Waals surface area contributed by atoms with Gasteiger partial charge in [-0.05, 0) is 42.3 Å². The van der Waals surface area contributed by atoms with Gasteiger partial charge >= 0.3 is 5.97 Å². The van der Waals surface area contributed by atoms with E-state index in [0.717, 1.165) is 10.9 Å². The highest BCUT2D eigenvalue weighted by molar-refractivity contribution is 9.10. The van der Waals surface area contributed by atoms with Gasteiger partial charge in [0.05, 0.1) is 0 Å². The molecule has 0 aliphatic rings. The highest BCUT2D eigenvalue weighted by Crippen LogP contribution is 2.21. The number of nitrogens with zero attached hydrogens (tertiary/aromatic N) is 2. The minimum atomic E-state index is -1.25. The number of rotatable bonds is 5. The van der Waals surface area contributed by atoms with Crippen molar-refractivity contribution in [3.05, 3.63) is 22.4 Å². The Morgan fingerprint density at radius 1 is 1.47 bits per heavy atom. The topological polar surface area (TPSA) is 62.5 Å². The molecule has 1 aromatic rings. The third kappa shape index (κ3) is 3.18. The Hall–Kier alpha value is -1.30. The Labute approximate surface area is 121 Å². The van der Waals surface area contributed by atoms with Gasteiger partial charge in [0.25, 0.3) is 5.91 Å². The van der Waals surface area contributed by atoms with Crippen molar-refractivity contribution in [3.8, 4) is 0 Å². The van der Waals surface area contributed by atoms with E-state index in [9.17, 15) is 14.7 Å². The van der Waals surface area contributed by atoms with Crippen LogP contribution in [0.2, 0.25) is 0 Å². The SMILES string of the molecule is CCCn1cc(Br)cc1C(=O)N(C)C(C)(C)C(=O)O. The summed E-state index contributed by atoms with van der Waals surface area (Å²) in [5, 5.41) is 9.18. The largest absolute Gasteiger partial charge is 0.480 e. The Kier molecular flexibility index (Phi) is 4.79.